The number of amides is 1. The lowest BCUT2D eigenvalue weighted by molar-refractivity contribution is -0.116. The number of fused-ring (bicyclic) bond motifs is 1. The molecule has 1 amide bonds. The Morgan fingerprint density at radius 3 is 2.59 bits per heavy atom. The van der Waals surface area contributed by atoms with Crippen molar-refractivity contribution in [1.82, 2.24) is 20.4 Å². The number of halogens is 1. The second kappa shape index (κ2) is 4.80. The molecule has 22 heavy (non-hydrogen) atoms. The maximum atomic E-state index is 13.1. The van der Waals surface area contributed by atoms with Gasteiger partial charge in [-0.3, -0.25) is 15.0 Å². The van der Waals surface area contributed by atoms with Gasteiger partial charge in [-0.15, -0.1) is 0 Å². The summed E-state index contributed by atoms with van der Waals surface area (Å²) in [7, 11) is 0. The number of nitrogens with one attached hydrogen (secondary N) is 3. The normalized spacial score (nSPS) is 17.1. The number of anilines is 1. The van der Waals surface area contributed by atoms with Crippen LogP contribution >= 0.6 is 0 Å². The first-order chi connectivity index (χ1) is 10.7. The van der Waals surface area contributed by atoms with E-state index < -0.39 is 0 Å². The van der Waals surface area contributed by atoms with Crippen LogP contribution in [0.2, 0.25) is 0 Å². The molecule has 0 saturated heterocycles. The van der Waals surface area contributed by atoms with Crippen LogP contribution in [0.4, 0.5) is 10.2 Å². The quantitative estimate of drug-likeness (QED) is 0.679. The second-order valence-electron chi connectivity index (χ2n) is 5.21. The van der Waals surface area contributed by atoms with Gasteiger partial charge in [0.1, 0.15) is 11.6 Å². The van der Waals surface area contributed by atoms with Crippen LogP contribution in [0.15, 0.2) is 36.7 Å². The maximum absolute atomic E-state index is 13.1. The molecule has 7 heteroatoms. The number of H-pyrrole nitrogens is 2. The Morgan fingerprint density at radius 2 is 1.77 bits per heavy atom. The van der Waals surface area contributed by atoms with Crippen LogP contribution in [-0.4, -0.2) is 26.3 Å². The molecule has 1 aliphatic rings. The van der Waals surface area contributed by atoms with E-state index in [-0.39, 0.29) is 17.6 Å². The number of benzene rings is 1. The van der Waals surface area contributed by atoms with Crippen LogP contribution in [0.1, 0.15) is 23.5 Å². The van der Waals surface area contributed by atoms with E-state index in [0.717, 1.165) is 22.4 Å². The van der Waals surface area contributed by atoms with Gasteiger partial charge in [0.25, 0.3) is 0 Å². The number of hydrogen-bond donors (Lipinski definition) is 3. The number of aromatic amines is 2. The monoisotopic (exact) mass is 297 g/mol. The van der Waals surface area contributed by atoms with Crippen molar-refractivity contribution < 1.29 is 9.18 Å². The molecule has 0 bridgehead atoms. The largest absolute Gasteiger partial charge is 0.311 e. The first-order valence-corrected chi connectivity index (χ1v) is 6.84. The molecule has 4 rings (SSSR count). The number of nitrogens with zero attached hydrogens (tertiary/aromatic N) is 2. The summed E-state index contributed by atoms with van der Waals surface area (Å²) in [6.07, 6.45) is 3.74. The highest BCUT2D eigenvalue weighted by Crippen LogP contribution is 2.39. The van der Waals surface area contributed by atoms with Crippen molar-refractivity contribution in [2.45, 2.75) is 12.3 Å². The number of carbonyl (C=O) groups excluding carboxylic acids is 1. The highest BCUT2D eigenvalue weighted by Gasteiger charge is 2.30. The second-order valence-corrected chi connectivity index (χ2v) is 5.21. The fourth-order valence-electron chi connectivity index (χ4n) is 2.83. The Balaban J connectivity index is 1.81. The molecule has 1 aliphatic heterocycles. The van der Waals surface area contributed by atoms with E-state index in [9.17, 15) is 9.18 Å². The summed E-state index contributed by atoms with van der Waals surface area (Å²) in [5.74, 6) is 0.112. The molecule has 0 spiro atoms. The summed E-state index contributed by atoms with van der Waals surface area (Å²) in [6, 6.07) is 6.17. The highest BCUT2D eigenvalue weighted by atomic mass is 19.1. The van der Waals surface area contributed by atoms with Crippen molar-refractivity contribution in [3.05, 3.63) is 53.6 Å². The summed E-state index contributed by atoms with van der Waals surface area (Å²) >= 11 is 0. The average molecular weight is 297 g/mol. The van der Waals surface area contributed by atoms with Crippen molar-refractivity contribution in [1.29, 1.82) is 0 Å². The molecule has 110 valence electrons. The number of hydrogen-bond acceptors (Lipinski definition) is 3. The van der Waals surface area contributed by atoms with Crippen molar-refractivity contribution in [2.75, 3.05) is 5.32 Å². The van der Waals surface area contributed by atoms with Gasteiger partial charge < -0.3 is 5.32 Å². The van der Waals surface area contributed by atoms with E-state index in [1.54, 1.807) is 24.5 Å². The number of carbonyl (C=O) groups is 1. The number of aromatic nitrogens is 4. The zero-order chi connectivity index (χ0) is 15.1. The van der Waals surface area contributed by atoms with Crippen LogP contribution in [0.25, 0.3) is 11.3 Å². The van der Waals surface area contributed by atoms with E-state index >= 15 is 0 Å². The lowest BCUT2D eigenvalue weighted by atomic mass is 9.86. The lowest BCUT2D eigenvalue weighted by Crippen LogP contribution is -2.23. The summed E-state index contributed by atoms with van der Waals surface area (Å²) in [6.45, 7) is 0. The topological polar surface area (TPSA) is 86.5 Å². The Labute approximate surface area is 124 Å². The minimum Gasteiger partial charge on any atom is -0.311 e. The van der Waals surface area contributed by atoms with Gasteiger partial charge in [0, 0.05) is 29.0 Å². The van der Waals surface area contributed by atoms with Crippen molar-refractivity contribution in [2.24, 2.45) is 0 Å². The third kappa shape index (κ3) is 1.98. The molecule has 6 nitrogen and oxygen atoms in total. The van der Waals surface area contributed by atoms with Crippen molar-refractivity contribution >= 4 is 11.7 Å². The molecule has 2 aromatic heterocycles. The Bertz CT molecular complexity index is 836. The lowest BCUT2D eigenvalue weighted by Gasteiger charge is -2.22. The van der Waals surface area contributed by atoms with Gasteiger partial charge in [-0.05, 0) is 24.3 Å². The fraction of sp³-hybridized carbons (Fsp3) is 0.133. The number of rotatable bonds is 2. The zero-order valence-electron chi connectivity index (χ0n) is 11.4. The van der Waals surface area contributed by atoms with E-state index in [2.05, 4.69) is 25.7 Å². The molecule has 0 fully saturated rings. The predicted octanol–water partition coefficient (Wildman–Crippen LogP) is 2.41. The maximum Gasteiger partial charge on any atom is 0.226 e. The minimum absolute atomic E-state index is 0.0759. The van der Waals surface area contributed by atoms with Crippen LogP contribution in [0.3, 0.4) is 0 Å². The molecule has 1 atom stereocenters. The average Bonchev–Trinajstić information content (AvgIpc) is 3.15. The molecule has 0 saturated carbocycles. The standard InChI is InChI=1S/C15H12FN5O/c16-9-3-1-8(2-4-9)14-11(6-17-20-14)10-5-13(22)19-15-12(10)7-18-21-15/h1-4,6-7,10H,5H2,(H,17,20)(H2,18,19,21,22). The Hall–Kier alpha value is -2.96. The molecule has 1 aromatic carbocycles. The SMILES string of the molecule is O=C1CC(c2cn[nH]c2-c2ccc(F)cc2)c2cn[nH]c2N1. The Morgan fingerprint density at radius 1 is 1.05 bits per heavy atom. The molecule has 3 aromatic rings. The van der Waals surface area contributed by atoms with E-state index in [4.69, 9.17) is 0 Å². The van der Waals surface area contributed by atoms with E-state index in [0.29, 0.717) is 12.2 Å². The van der Waals surface area contributed by atoms with Crippen LogP contribution in [0, 0.1) is 5.82 Å². The fourth-order valence-corrected chi connectivity index (χ4v) is 2.83. The minimum atomic E-state index is -0.293. The van der Waals surface area contributed by atoms with Gasteiger partial charge >= 0.3 is 0 Å². The van der Waals surface area contributed by atoms with Gasteiger partial charge in [0.15, 0.2) is 0 Å². The molecule has 0 radical (unpaired) electrons. The van der Waals surface area contributed by atoms with Crippen LogP contribution < -0.4 is 5.32 Å². The van der Waals surface area contributed by atoms with Gasteiger partial charge in [0.05, 0.1) is 18.1 Å². The predicted molar refractivity (Wildman–Crippen MR) is 77.7 cm³/mol. The zero-order valence-corrected chi connectivity index (χ0v) is 11.4. The van der Waals surface area contributed by atoms with Gasteiger partial charge in [-0.25, -0.2) is 4.39 Å². The first-order valence-electron chi connectivity index (χ1n) is 6.84. The smallest absolute Gasteiger partial charge is 0.226 e. The molecule has 1 unspecified atom stereocenters. The third-order valence-corrected chi connectivity index (χ3v) is 3.87. The molecule has 3 N–H and O–H groups in total. The highest BCUT2D eigenvalue weighted by molar-refractivity contribution is 5.94. The van der Waals surface area contributed by atoms with Gasteiger partial charge in [0.2, 0.25) is 5.91 Å². The van der Waals surface area contributed by atoms with E-state index in [1.807, 2.05) is 0 Å². The summed E-state index contributed by atoms with van der Waals surface area (Å²) in [5.41, 5.74) is 3.42. The molecule has 3 heterocycles. The van der Waals surface area contributed by atoms with Gasteiger partial charge in [-0.2, -0.15) is 10.2 Å². The molecular formula is C15H12FN5O. The first kappa shape index (κ1) is 12.8. The van der Waals surface area contributed by atoms with Crippen molar-refractivity contribution in [3.8, 4) is 11.3 Å². The summed E-state index contributed by atoms with van der Waals surface area (Å²) in [4.78, 5) is 11.9. The van der Waals surface area contributed by atoms with Crippen LogP contribution in [-0.2, 0) is 4.79 Å². The molecular weight excluding hydrogens is 285 g/mol. The van der Waals surface area contributed by atoms with Crippen molar-refractivity contribution in [3.63, 3.8) is 0 Å². The third-order valence-electron chi connectivity index (χ3n) is 3.87. The molecule has 0 aliphatic carbocycles. The van der Waals surface area contributed by atoms with E-state index in [1.165, 1.54) is 12.1 Å². The van der Waals surface area contributed by atoms with Crippen LogP contribution in [0.5, 0.6) is 0 Å². The summed E-state index contributed by atoms with van der Waals surface area (Å²) in [5, 5.41) is 16.6. The van der Waals surface area contributed by atoms with Gasteiger partial charge in [-0.1, -0.05) is 0 Å². The Kier molecular flexibility index (Phi) is 2.78. The summed E-state index contributed by atoms with van der Waals surface area (Å²) < 4.78 is 13.1.